The molecule has 26 heavy (non-hydrogen) atoms. The smallest absolute Gasteiger partial charge is 0.320 e. The number of carbonyl (C=O) groups is 1. The lowest BCUT2D eigenvalue weighted by atomic mass is 9.92. The molecule has 3 nitrogen and oxygen atoms in total. The minimum atomic E-state index is -0.816. The summed E-state index contributed by atoms with van der Waals surface area (Å²) >= 11 is 0. The van der Waals surface area contributed by atoms with Crippen LogP contribution >= 0.6 is 0 Å². The molecule has 1 aliphatic heterocycles. The summed E-state index contributed by atoms with van der Waals surface area (Å²) in [5.74, 6) is -1.12. The Balaban J connectivity index is 1.92. The molecular weight excluding hydrogens is 329 g/mol. The summed E-state index contributed by atoms with van der Waals surface area (Å²) < 4.78 is 14.0. The fourth-order valence-corrected chi connectivity index (χ4v) is 4.08. The van der Waals surface area contributed by atoms with Gasteiger partial charge in [0.1, 0.15) is 11.9 Å². The van der Waals surface area contributed by atoms with Crippen molar-refractivity contribution < 1.29 is 14.3 Å². The summed E-state index contributed by atoms with van der Waals surface area (Å²) in [6.07, 6.45) is 1.44. The normalized spacial score (nSPS) is 18.9. The standard InChI is InChI=1S/C22H20FNO2/c23-17-9-3-8-16(14-17)21(24-13-5-12-20(24)22(25)26)19-11-4-7-15-6-1-2-10-18(15)19/h1-4,6-11,14,20-21H,5,12-13H2,(H,25,26). The Morgan fingerprint density at radius 1 is 1.08 bits per heavy atom. The highest BCUT2D eigenvalue weighted by Gasteiger charge is 2.37. The fraction of sp³-hybridized carbons (Fsp3) is 0.227. The third-order valence-corrected chi connectivity index (χ3v) is 5.19. The van der Waals surface area contributed by atoms with E-state index >= 15 is 0 Å². The average molecular weight is 349 g/mol. The number of benzene rings is 3. The molecule has 1 aliphatic rings. The summed E-state index contributed by atoms with van der Waals surface area (Å²) in [4.78, 5) is 13.8. The van der Waals surface area contributed by atoms with Crippen LogP contribution in [0.15, 0.2) is 66.7 Å². The summed E-state index contributed by atoms with van der Waals surface area (Å²) in [5, 5.41) is 11.8. The van der Waals surface area contributed by atoms with Crippen LogP contribution in [0.3, 0.4) is 0 Å². The van der Waals surface area contributed by atoms with Crippen LogP contribution in [0.1, 0.15) is 30.0 Å². The van der Waals surface area contributed by atoms with Gasteiger partial charge in [0.25, 0.3) is 0 Å². The van der Waals surface area contributed by atoms with Crippen LogP contribution in [0.25, 0.3) is 10.8 Å². The monoisotopic (exact) mass is 349 g/mol. The molecule has 0 aromatic heterocycles. The molecule has 0 radical (unpaired) electrons. The Labute approximate surface area is 151 Å². The van der Waals surface area contributed by atoms with Gasteiger partial charge in [0.15, 0.2) is 0 Å². The number of aliphatic carboxylic acids is 1. The van der Waals surface area contributed by atoms with E-state index in [9.17, 15) is 14.3 Å². The third-order valence-electron chi connectivity index (χ3n) is 5.19. The van der Waals surface area contributed by atoms with Gasteiger partial charge in [-0.25, -0.2) is 4.39 Å². The molecule has 2 atom stereocenters. The van der Waals surface area contributed by atoms with Gasteiger partial charge in [-0.2, -0.15) is 0 Å². The molecule has 4 heteroatoms. The van der Waals surface area contributed by atoms with Crippen molar-refractivity contribution >= 4 is 16.7 Å². The van der Waals surface area contributed by atoms with Crippen molar-refractivity contribution in [3.8, 4) is 0 Å². The van der Waals surface area contributed by atoms with Gasteiger partial charge in [-0.05, 0) is 46.9 Å². The minimum absolute atomic E-state index is 0.291. The molecule has 0 aliphatic carbocycles. The Morgan fingerprint density at radius 2 is 1.85 bits per heavy atom. The van der Waals surface area contributed by atoms with Crippen LogP contribution in [0, 0.1) is 5.82 Å². The molecule has 132 valence electrons. The second-order valence-corrected chi connectivity index (χ2v) is 6.76. The number of likely N-dealkylation sites (tertiary alicyclic amines) is 1. The van der Waals surface area contributed by atoms with Gasteiger partial charge in [0.05, 0.1) is 6.04 Å². The van der Waals surface area contributed by atoms with Crippen molar-refractivity contribution in [3.05, 3.63) is 83.7 Å². The van der Waals surface area contributed by atoms with Crippen LogP contribution in [0.4, 0.5) is 4.39 Å². The largest absolute Gasteiger partial charge is 0.480 e. The first-order chi connectivity index (χ1) is 12.6. The van der Waals surface area contributed by atoms with Crippen molar-refractivity contribution in [2.75, 3.05) is 6.54 Å². The number of hydrogen-bond acceptors (Lipinski definition) is 2. The van der Waals surface area contributed by atoms with Crippen LogP contribution in [-0.2, 0) is 4.79 Å². The van der Waals surface area contributed by atoms with E-state index in [1.165, 1.54) is 12.1 Å². The summed E-state index contributed by atoms with van der Waals surface area (Å²) in [5.41, 5.74) is 1.80. The lowest BCUT2D eigenvalue weighted by Crippen LogP contribution is -2.39. The number of carboxylic acid groups (broad SMARTS) is 1. The summed E-state index contributed by atoms with van der Waals surface area (Å²) in [6, 6.07) is 19.8. The van der Waals surface area contributed by atoms with Gasteiger partial charge in [-0.1, -0.05) is 54.6 Å². The number of nitrogens with zero attached hydrogens (tertiary/aromatic N) is 1. The maximum Gasteiger partial charge on any atom is 0.320 e. The molecule has 1 heterocycles. The average Bonchev–Trinajstić information content (AvgIpc) is 3.12. The maximum atomic E-state index is 14.0. The summed E-state index contributed by atoms with van der Waals surface area (Å²) in [6.45, 7) is 0.682. The molecule has 0 spiro atoms. The van der Waals surface area contributed by atoms with Crippen molar-refractivity contribution in [1.82, 2.24) is 4.90 Å². The molecule has 3 aromatic rings. The Hall–Kier alpha value is -2.72. The second-order valence-electron chi connectivity index (χ2n) is 6.76. The quantitative estimate of drug-likeness (QED) is 0.747. The van der Waals surface area contributed by atoms with E-state index in [2.05, 4.69) is 0 Å². The van der Waals surface area contributed by atoms with Gasteiger partial charge < -0.3 is 5.11 Å². The number of carboxylic acids is 1. The zero-order valence-electron chi connectivity index (χ0n) is 14.3. The highest BCUT2D eigenvalue weighted by atomic mass is 19.1. The molecule has 4 rings (SSSR count). The number of hydrogen-bond donors (Lipinski definition) is 1. The number of rotatable bonds is 4. The zero-order valence-corrected chi connectivity index (χ0v) is 14.3. The molecule has 1 N–H and O–H groups in total. The van der Waals surface area contributed by atoms with Gasteiger partial charge in [-0.3, -0.25) is 9.69 Å². The molecule has 2 unspecified atom stereocenters. The molecule has 3 aromatic carbocycles. The lowest BCUT2D eigenvalue weighted by molar-refractivity contribution is -0.142. The molecule has 0 bridgehead atoms. The van der Waals surface area contributed by atoms with E-state index in [1.54, 1.807) is 6.07 Å². The molecule has 1 saturated heterocycles. The van der Waals surface area contributed by atoms with Gasteiger partial charge in [0.2, 0.25) is 0 Å². The van der Waals surface area contributed by atoms with Gasteiger partial charge in [-0.15, -0.1) is 0 Å². The van der Waals surface area contributed by atoms with Crippen LogP contribution < -0.4 is 0 Å². The van der Waals surface area contributed by atoms with Crippen LogP contribution in [0.2, 0.25) is 0 Å². The van der Waals surface area contributed by atoms with E-state index in [0.29, 0.717) is 13.0 Å². The first kappa shape index (κ1) is 16.7. The van der Waals surface area contributed by atoms with E-state index in [4.69, 9.17) is 0 Å². The summed E-state index contributed by atoms with van der Waals surface area (Å²) in [7, 11) is 0. The van der Waals surface area contributed by atoms with Crippen molar-refractivity contribution in [3.63, 3.8) is 0 Å². The maximum absolute atomic E-state index is 14.0. The first-order valence-electron chi connectivity index (χ1n) is 8.87. The van der Waals surface area contributed by atoms with Crippen LogP contribution in [0.5, 0.6) is 0 Å². The van der Waals surface area contributed by atoms with Gasteiger partial charge in [0, 0.05) is 6.54 Å². The molecular formula is C22H20FNO2. The SMILES string of the molecule is O=C(O)C1CCCN1C(c1cccc(F)c1)c1cccc2ccccc12. The predicted octanol–water partition coefficient (Wildman–Crippen LogP) is 4.62. The lowest BCUT2D eigenvalue weighted by Gasteiger charge is -2.32. The first-order valence-corrected chi connectivity index (χ1v) is 8.87. The Bertz CT molecular complexity index is 950. The second kappa shape index (κ2) is 6.89. The minimum Gasteiger partial charge on any atom is -0.480 e. The van der Waals surface area contributed by atoms with Crippen molar-refractivity contribution in [2.45, 2.75) is 24.9 Å². The van der Waals surface area contributed by atoms with Crippen molar-refractivity contribution in [2.24, 2.45) is 0 Å². The van der Waals surface area contributed by atoms with E-state index in [0.717, 1.165) is 28.3 Å². The highest BCUT2D eigenvalue weighted by molar-refractivity contribution is 5.86. The third kappa shape index (κ3) is 2.97. The Kier molecular flexibility index (Phi) is 4.43. The molecule has 0 saturated carbocycles. The predicted molar refractivity (Wildman–Crippen MR) is 99.6 cm³/mol. The number of fused-ring (bicyclic) bond motifs is 1. The van der Waals surface area contributed by atoms with E-state index < -0.39 is 12.0 Å². The van der Waals surface area contributed by atoms with Crippen LogP contribution in [-0.4, -0.2) is 28.6 Å². The zero-order chi connectivity index (χ0) is 18.1. The fourth-order valence-electron chi connectivity index (χ4n) is 4.08. The van der Waals surface area contributed by atoms with Gasteiger partial charge >= 0.3 is 5.97 Å². The van der Waals surface area contributed by atoms with E-state index in [1.807, 2.05) is 53.4 Å². The highest BCUT2D eigenvalue weighted by Crippen LogP contribution is 2.38. The number of halogens is 1. The molecule has 0 amide bonds. The van der Waals surface area contributed by atoms with E-state index in [-0.39, 0.29) is 11.9 Å². The molecule has 1 fully saturated rings. The topological polar surface area (TPSA) is 40.5 Å². The van der Waals surface area contributed by atoms with Crippen molar-refractivity contribution in [1.29, 1.82) is 0 Å². The Morgan fingerprint density at radius 3 is 2.65 bits per heavy atom.